The minimum absolute atomic E-state index is 0.262. The Morgan fingerprint density at radius 3 is 2.59 bits per heavy atom. The molecule has 1 fully saturated rings. The van der Waals surface area contributed by atoms with Crippen LogP contribution >= 0.6 is 0 Å². The fourth-order valence-corrected chi connectivity index (χ4v) is 2.82. The van der Waals surface area contributed by atoms with Gasteiger partial charge in [-0.15, -0.1) is 0 Å². The zero-order valence-electron chi connectivity index (χ0n) is 10.8. The number of aliphatic hydroxyl groups excluding tert-OH is 1. The summed E-state index contributed by atoms with van der Waals surface area (Å²) >= 11 is 0. The van der Waals surface area contributed by atoms with Crippen molar-refractivity contribution >= 4 is 5.97 Å². The quantitative estimate of drug-likeness (QED) is 0.639. The number of carboxylic acids is 1. The maximum Gasteiger partial charge on any atom is 0.324 e. The second-order valence-electron chi connectivity index (χ2n) is 4.92. The van der Waals surface area contributed by atoms with Gasteiger partial charge in [-0.1, -0.05) is 19.8 Å². The van der Waals surface area contributed by atoms with Gasteiger partial charge >= 0.3 is 5.97 Å². The summed E-state index contributed by atoms with van der Waals surface area (Å²) in [7, 11) is 0. The fourth-order valence-electron chi connectivity index (χ4n) is 2.82. The van der Waals surface area contributed by atoms with Crippen LogP contribution in [0, 0.1) is 0 Å². The van der Waals surface area contributed by atoms with Gasteiger partial charge in [-0.3, -0.25) is 9.69 Å². The largest absolute Gasteiger partial charge is 0.480 e. The van der Waals surface area contributed by atoms with Crippen molar-refractivity contribution in [2.24, 2.45) is 0 Å². The molecule has 0 aromatic heterocycles. The van der Waals surface area contributed by atoms with Gasteiger partial charge < -0.3 is 10.2 Å². The highest BCUT2D eigenvalue weighted by atomic mass is 16.4. The van der Waals surface area contributed by atoms with Crippen LogP contribution in [0.3, 0.4) is 0 Å². The first-order chi connectivity index (χ1) is 8.17. The summed E-state index contributed by atoms with van der Waals surface area (Å²) < 4.78 is 0. The first-order valence-corrected chi connectivity index (χ1v) is 6.76. The Hall–Kier alpha value is -0.610. The summed E-state index contributed by atoms with van der Waals surface area (Å²) in [6.45, 7) is 4.03. The van der Waals surface area contributed by atoms with Crippen LogP contribution in [0.25, 0.3) is 0 Å². The fraction of sp³-hybridized carbons (Fsp3) is 0.923. The Balaban J connectivity index is 2.38. The van der Waals surface area contributed by atoms with E-state index in [1.807, 2.05) is 6.92 Å². The van der Waals surface area contributed by atoms with Crippen LogP contribution in [-0.2, 0) is 4.79 Å². The number of aliphatic hydroxyl groups is 1. The molecule has 4 heteroatoms. The van der Waals surface area contributed by atoms with Crippen LogP contribution < -0.4 is 0 Å². The van der Waals surface area contributed by atoms with E-state index in [9.17, 15) is 9.90 Å². The van der Waals surface area contributed by atoms with Crippen molar-refractivity contribution in [3.05, 3.63) is 0 Å². The SMILES string of the molecule is CCC1(C(=O)O)CCCN1CCCCCCO. The van der Waals surface area contributed by atoms with Gasteiger partial charge in [0.15, 0.2) is 0 Å². The van der Waals surface area contributed by atoms with E-state index in [0.717, 1.165) is 51.6 Å². The molecule has 1 rings (SSSR count). The average molecular weight is 243 g/mol. The first-order valence-electron chi connectivity index (χ1n) is 6.76. The molecule has 1 unspecified atom stereocenters. The van der Waals surface area contributed by atoms with E-state index in [-0.39, 0.29) is 6.61 Å². The molecule has 0 radical (unpaired) electrons. The molecule has 0 spiro atoms. The highest BCUT2D eigenvalue weighted by Crippen LogP contribution is 2.32. The van der Waals surface area contributed by atoms with Crippen molar-refractivity contribution in [3.8, 4) is 0 Å². The standard InChI is InChI=1S/C13H25NO3/c1-2-13(12(16)17)8-7-10-14(13)9-5-3-4-6-11-15/h15H,2-11H2,1H3,(H,16,17). The van der Waals surface area contributed by atoms with Gasteiger partial charge in [0.25, 0.3) is 0 Å². The van der Waals surface area contributed by atoms with E-state index >= 15 is 0 Å². The van der Waals surface area contributed by atoms with Gasteiger partial charge in [-0.05, 0) is 45.2 Å². The molecule has 17 heavy (non-hydrogen) atoms. The molecule has 0 aliphatic carbocycles. The predicted octanol–water partition coefficient (Wildman–Crippen LogP) is 1.87. The van der Waals surface area contributed by atoms with Gasteiger partial charge in [-0.2, -0.15) is 0 Å². The molecule has 1 saturated heterocycles. The van der Waals surface area contributed by atoms with Gasteiger partial charge in [0.1, 0.15) is 5.54 Å². The highest BCUT2D eigenvalue weighted by Gasteiger charge is 2.45. The first kappa shape index (κ1) is 14.5. The molecule has 0 aromatic rings. The minimum Gasteiger partial charge on any atom is -0.480 e. The monoisotopic (exact) mass is 243 g/mol. The Kier molecular flexibility index (Phi) is 5.92. The third-order valence-corrected chi connectivity index (χ3v) is 3.94. The lowest BCUT2D eigenvalue weighted by Crippen LogP contribution is -2.50. The van der Waals surface area contributed by atoms with Crippen molar-refractivity contribution in [2.75, 3.05) is 19.7 Å². The van der Waals surface area contributed by atoms with Gasteiger partial charge in [0, 0.05) is 6.61 Å². The number of hydrogen-bond acceptors (Lipinski definition) is 3. The number of nitrogens with zero attached hydrogens (tertiary/aromatic N) is 1. The second kappa shape index (κ2) is 6.97. The van der Waals surface area contributed by atoms with Crippen molar-refractivity contribution in [1.29, 1.82) is 0 Å². The zero-order valence-corrected chi connectivity index (χ0v) is 10.8. The lowest BCUT2D eigenvalue weighted by molar-refractivity contribution is -0.150. The molecule has 4 nitrogen and oxygen atoms in total. The molecule has 1 aliphatic heterocycles. The van der Waals surface area contributed by atoms with E-state index in [4.69, 9.17) is 5.11 Å². The summed E-state index contributed by atoms with van der Waals surface area (Å²) in [5, 5.41) is 18.1. The molecule has 0 bridgehead atoms. The lowest BCUT2D eigenvalue weighted by atomic mass is 9.93. The van der Waals surface area contributed by atoms with Gasteiger partial charge in [-0.25, -0.2) is 0 Å². The molecule has 1 heterocycles. The number of carbonyl (C=O) groups is 1. The van der Waals surface area contributed by atoms with Crippen LogP contribution in [0.15, 0.2) is 0 Å². The second-order valence-corrected chi connectivity index (χ2v) is 4.92. The van der Waals surface area contributed by atoms with Crippen LogP contribution in [0.2, 0.25) is 0 Å². The maximum absolute atomic E-state index is 11.4. The van der Waals surface area contributed by atoms with Gasteiger partial charge in [0.05, 0.1) is 0 Å². The Labute approximate surface area is 104 Å². The smallest absolute Gasteiger partial charge is 0.324 e. The number of unbranched alkanes of at least 4 members (excludes halogenated alkanes) is 3. The average Bonchev–Trinajstić information content (AvgIpc) is 2.73. The van der Waals surface area contributed by atoms with E-state index in [0.29, 0.717) is 6.42 Å². The minimum atomic E-state index is -0.659. The van der Waals surface area contributed by atoms with Crippen LogP contribution in [-0.4, -0.2) is 46.3 Å². The Morgan fingerprint density at radius 2 is 2.00 bits per heavy atom. The highest BCUT2D eigenvalue weighted by molar-refractivity contribution is 5.79. The topological polar surface area (TPSA) is 60.8 Å². The van der Waals surface area contributed by atoms with Crippen molar-refractivity contribution in [1.82, 2.24) is 4.90 Å². The van der Waals surface area contributed by atoms with Crippen LogP contribution in [0.5, 0.6) is 0 Å². The zero-order chi connectivity index (χ0) is 12.7. The van der Waals surface area contributed by atoms with E-state index in [1.165, 1.54) is 0 Å². The molecule has 1 atom stereocenters. The summed E-state index contributed by atoms with van der Waals surface area (Å²) in [6.07, 6.45) is 6.49. The van der Waals surface area contributed by atoms with Crippen molar-refractivity contribution in [2.45, 2.75) is 57.4 Å². The number of carboxylic acid groups (broad SMARTS) is 1. The normalized spacial score (nSPS) is 25.3. The molecule has 0 amide bonds. The van der Waals surface area contributed by atoms with E-state index in [2.05, 4.69) is 4.90 Å². The summed E-state index contributed by atoms with van der Waals surface area (Å²) in [5.41, 5.74) is -0.600. The molecule has 100 valence electrons. The predicted molar refractivity (Wildman–Crippen MR) is 67.0 cm³/mol. The molecule has 1 aliphatic rings. The maximum atomic E-state index is 11.4. The molecular weight excluding hydrogens is 218 g/mol. The van der Waals surface area contributed by atoms with E-state index in [1.54, 1.807) is 0 Å². The number of aliphatic carboxylic acids is 1. The van der Waals surface area contributed by atoms with Crippen molar-refractivity contribution in [3.63, 3.8) is 0 Å². The van der Waals surface area contributed by atoms with Crippen LogP contribution in [0.1, 0.15) is 51.9 Å². The Morgan fingerprint density at radius 1 is 1.29 bits per heavy atom. The molecule has 0 saturated carbocycles. The molecule has 2 N–H and O–H groups in total. The molecule has 0 aromatic carbocycles. The molecular formula is C13H25NO3. The summed E-state index contributed by atoms with van der Waals surface area (Å²) in [4.78, 5) is 13.6. The van der Waals surface area contributed by atoms with E-state index < -0.39 is 11.5 Å². The number of likely N-dealkylation sites (tertiary alicyclic amines) is 1. The van der Waals surface area contributed by atoms with Crippen molar-refractivity contribution < 1.29 is 15.0 Å². The summed E-state index contributed by atoms with van der Waals surface area (Å²) in [6, 6.07) is 0. The number of rotatable bonds is 8. The summed E-state index contributed by atoms with van der Waals surface area (Å²) in [5.74, 6) is -0.659. The van der Waals surface area contributed by atoms with Gasteiger partial charge in [0.2, 0.25) is 0 Å². The lowest BCUT2D eigenvalue weighted by Gasteiger charge is -2.33. The van der Waals surface area contributed by atoms with Crippen LogP contribution in [0.4, 0.5) is 0 Å². The third kappa shape index (κ3) is 3.42. The number of hydrogen-bond donors (Lipinski definition) is 2. The third-order valence-electron chi connectivity index (χ3n) is 3.94. The Bertz CT molecular complexity index is 245.